The molecule has 2 unspecified atom stereocenters. The van der Waals surface area contributed by atoms with Gasteiger partial charge in [-0.05, 0) is 55.4 Å². The SMILES string of the molecule is Cn1cnnc1-c1ccc(NC(=O)C2CC3CC3C2)cc1. The van der Waals surface area contributed by atoms with Crippen molar-refractivity contribution in [2.75, 3.05) is 5.32 Å². The Balaban J connectivity index is 1.44. The maximum atomic E-state index is 12.2. The van der Waals surface area contributed by atoms with E-state index in [0.29, 0.717) is 0 Å². The molecule has 108 valence electrons. The van der Waals surface area contributed by atoms with Crippen LogP contribution in [0.15, 0.2) is 30.6 Å². The Kier molecular flexibility index (Phi) is 2.80. The highest BCUT2D eigenvalue weighted by Crippen LogP contribution is 2.54. The van der Waals surface area contributed by atoms with Gasteiger partial charge in [-0.25, -0.2) is 0 Å². The van der Waals surface area contributed by atoms with Gasteiger partial charge in [0, 0.05) is 24.2 Å². The number of amides is 1. The molecule has 2 aliphatic rings. The first kappa shape index (κ1) is 12.6. The third kappa shape index (κ3) is 2.33. The predicted molar refractivity (Wildman–Crippen MR) is 79.4 cm³/mol. The van der Waals surface area contributed by atoms with Gasteiger partial charge in [0.1, 0.15) is 6.33 Å². The molecule has 0 radical (unpaired) electrons. The lowest BCUT2D eigenvalue weighted by atomic mass is 10.0. The van der Waals surface area contributed by atoms with E-state index < -0.39 is 0 Å². The van der Waals surface area contributed by atoms with Crippen LogP contribution in [-0.4, -0.2) is 20.7 Å². The molecule has 1 amide bonds. The van der Waals surface area contributed by atoms with Crippen molar-refractivity contribution in [3.63, 3.8) is 0 Å². The molecule has 1 aromatic carbocycles. The van der Waals surface area contributed by atoms with Gasteiger partial charge in [-0.2, -0.15) is 0 Å². The largest absolute Gasteiger partial charge is 0.326 e. The predicted octanol–water partition coefficient (Wildman–Crippen LogP) is 2.47. The maximum absolute atomic E-state index is 12.2. The first-order chi connectivity index (χ1) is 10.2. The summed E-state index contributed by atoms with van der Waals surface area (Å²) in [5, 5.41) is 11.0. The Morgan fingerprint density at radius 3 is 2.52 bits per heavy atom. The zero-order valence-electron chi connectivity index (χ0n) is 12.0. The van der Waals surface area contributed by atoms with Crippen molar-refractivity contribution in [3.05, 3.63) is 30.6 Å². The number of nitrogens with one attached hydrogen (secondary N) is 1. The fourth-order valence-corrected chi connectivity index (χ4v) is 3.42. The van der Waals surface area contributed by atoms with E-state index in [1.54, 1.807) is 6.33 Å². The number of aryl methyl sites for hydroxylation is 1. The standard InChI is InChI=1S/C16H18N4O/c1-20-9-17-19-15(20)10-2-4-14(5-3-10)18-16(21)13-7-11-6-12(11)8-13/h2-5,9,11-13H,6-8H2,1H3,(H,18,21). The Bertz CT molecular complexity index is 666. The maximum Gasteiger partial charge on any atom is 0.227 e. The van der Waals surface area contributed by atoms with Crippen LogP contribution in [0.3, 0.4) is 0 Å². The molecule has 1 aromatic heterocycles. The summed E-state index contributed by atoms with van der Waals surface area (Å²) >= 11 is 0. The van der Waals surface area contributed by atoms with Gasteiger partial charge in [0.15, 0.2) is 5.82 Å². The molecule has 0 bridgehead atoms. The number of rotatable bonds is 3. The second-order valence-corrected chi connectivity index (χ2v) is 6.26. The van der Waals surface area contributed by atoms with Crippen LogP contribution in [0, 0.1) is 17.8 Å². The van der Waals surface area contributed by atoms with Crippen LogP contribution in [0.25, 0.3) is 11.4 Å². The number of carbonyl (C=O) groups is 1. The van der Waals surface area contributed by atoms with Crippen molar-refractivity contribution in [2.45, 2.75) is 19.3 Å². The topological polar surface area (TPSA) is 59.8 Å². The van der Waals surface area contributed by atoms with Crippen LogP contribution in [0.2, 0.25) is 0 Å². The monoisotopic (exact) mass is 282 g/mol. The number of nitrogens with zero attached hydrogens (tertiary/aromatic N) is 3. The van der Waals surface area contributed by atoms with Crippen molar-refractivity contribution >= 4 is 11.6 Å². The number of carbonyl (C=O) groups excluding carboxylic acids is 1. The zero-order chi connectivity index (χ0) is 14.4. The van der Waals surface area contributed by atoms with Crippen LogP contribution in [0.4, 0.5) is 5.69 Å². The number of hydrogen-bond acceptors (Lipinski definition) is 3. The summed E-state index contributed by atoms with van der Waals surface area (Å²) in [6.45, 7) is 0. The zero-order valence-corrected chi connectivity index (χ0v) is 12.0. The number of anilines is 1. The molecule has 0 saturated heterocycles. The molecule has 0 aliphatic heterocycles. The van der Waals surface area contributed by atoms with Gasteiger partial charge in [0.05, 0.1) is 0 Å². The van der Waals surface area contributed by atoms with E-state index in [2.05, 4.69) is 15.5 Å². The van der Waals surface area contributed by atoms with E-state index in [-0.39, 0.29) is 11.8 Å². The first-order valence-electron chi connectivity index (χ1n) is 7.46. The lowest BCUT2D eigenvalue weighted by Gasteiger charge is -2.12. The van der Waals surface area contributed by atoms with E-state index in [1.807, 2.05) is 35.9 Å². The Labute approximate surface area is 123 Å². The number of aromatic nitrogens is 3. The molecule has 2 fully saturated rings. The average Bonchev–Trinajstić information content (AvgIpc) is 2.89. The average molecular weight is 282 g/mol. The van der Waals surface area contributed by atoms with Gasteiger partial charge in [-0.1, -0.05) is 0 Å². The van der Waals surface area contributed by atoms with Crippen molar-refractivity contribution in [1.82, 2.24) is 14.8 Å². The normalized spacial score (nSPS) is 26.4. The first-order valence-corrected chi connectivity index (χ1v) is 7.46. The molecule has 2 aromatic rings. The number of benzene rings is 1. The molecule has 1 heterocycles. The minimum Gasteiger partial charge on any atom is -0.326 e. The van der Waals surface area contributed by atoms with Gasteiger partial charge in [-0.3, -0.25) is 4.79 Å². The highest BCUT2D eigenvalue weighted by atomic mass is 16.1. The van der Waals surface area contributed by atoms with E-state index >= 15 is 0 Å². The molecule has 1 N–H and O–H groups in total. The summed E-state index contributed by atoms with van der Waals surface area (Å²) in [6.07, 6.45) is 5.17. The molecule has 0 spiro atoms. The minimum absolute atomic E-state index is 0.175. The third-order valence-corrected chi connectivity index (χ3v) is 4.74. The molecule has 4 rings (SSSR count). The van der Waals surface area contributed by atoms with E-state index in [1.165, 1.54) is 6.42 Å². The molecule has 2 aliphatic carbocycles. The summed E-state index contributed by atoms with van der Waals surface area (Å²) in [6, 6.07) is 7.78. The van der Waals surface area contributed by atoms with E-state index in [4.69, 9.17) is 0 Å². The summed E-state index contributed by atoms with van der Waals surface area (Å²) in [5.41, 5.74) is 1.85. The molecule has 5 nitrogen and oxygen atoms in total. The van der Waals surface area contributed by atoms with Crippen molar-refractivity contribution in [2.24, 2.45) is 24.8 Å². The van der Waals surface area contributed by atoms with Gasteiger partial charge < -0.3 is 9.88 Å². The highest BCUT2D eigenvalue weighted by Gasteiger charge is 2.47. The summed E-state index contributed by atoms with van der Waals surface area (Å²) in [4.78, 5) is 12.2. The summed E-state index contributed by atoms with van der Waals surface area (Å²) in [5.74, 6) is 2.88. The number of fused-ring (bicyclic) bond motifs is 1. The van der Waals surface area contributed by atoms with E-state index in [0.717, 1.165) is 41.8 Å². The van der Waals surface area contributed by atoms with Gasteiger partial charge >= 0.3 is 0 Å². The van der Waals surface area contributed by atoms with Crippen LogP contribution in [-0.2, 0) is 11.8 Å². The Hall–Kier alpha value is -2.17. The van der Waals surface area contributed by atoms with Crippen LogP contribution in [0.5, 0.6) is 0 Å². The Morgan fingerprint density at radius 1 is 1.19 bits per heavy atom. The quantitative estimate of drug-likeness (QED) is 0.940. The lowest BCUT2D eigenvalue weighted by molar-refractivity contribution is -0.120. The second-order valence-electron chi connectivity index (χ2n) is 6.26. The molecule has 5 heteroatoms. The van der Waals surface area contributed by atoms with Gasteiger partial charge in [-0.15, -0.1) is 10.2 Å². The smallest absolute Gasteiger partial charge is 0.227 e. The van der Waals surface area contributed by atoms with Crippen molar-refractivity contribution in [3.8, 4) is 11.4 Å². The van der Waals surface area contributed by atoms with Gasteiger partial charge in [0.25, 0.3) is 0 Å². The lowest BCUT2D eigenvalue weighted by Crippen LogP contribution is -2.21. The highest BCUT2D eigenvalue weighted by molar-refractivity contribution is 5.93. The van der Waals surface area contributed by atoms with E-state index in [9.17, 15) is 4.79 Å². The van der Waals surface area contributed by atoms with Gasteiger partial charge in [0.2, 0.25) is 5.91 Å². The summed E-state index contributed by atoms with van der Waals surface area (Å²) in [7, 11) is 1.91. The van der Waals surface area contributed by atoms with Crippen LogP contribution < -0.4 is 5.32 Å². The third-order valence-electron chi connectivity index (χ3n) is 4.74. The molecule has 21 heavy (non-hydrogen) atoms. The van der Waals surface area contributed by atoms with Crippen LogP contribution in [0.1, 0.15) is 19.3 Å². The van der Waals surface area contributed by atoms with Crippen molar-refractivity contribution < 1.29 is 4.79 Å². The second kappa shape index (κ2) is 4.69. The molecule has 2 atom stereocenters. The Morgan fingerprint density at radius 2 is 1.90 bits per heavy atom. The van der Waals surface area contributed by atoms with Crippen LogP contribution >= 0.6 is 0 Å². The molecular formula is C16H18N4O. The fourth-order valence-electron chi connectivity index (χ4n) is 3.42. The van der Waals surface area contributed by atoms with Crippen molar-refractivity contribution in [1.29, 1.82) is 0 Å². The fraction of sp³-hybridized carbons (Fsp3) is 0.438. The minimum atomic E-state index is 0.175. The summed E-state index contributed by atoms with van der Waals surface area (Å²) < 4.78 is 1.87. The molecular weight excluding hydrogens is 264 g/mol. The molecule has 2 saturated carbocycles. The number of hydrogen-bond donors (Lipinski definition) is 1.